The van der Waals surface area contributed by atoms with Crippen LogP contribution in [0, 0.1) is 6.92 Å². The molecule has 0 saturated carbocycles. The molecule has 26 heavy (non-hydrogen) atoms. The van der Waals surface area contributed by atoms with Crippen molar-refractivity contribution in [2.45, 2.75) is 32.4 Å². The van der Waals surface area contributed by atoms with Gasteiger partial charge in [-0.3, -0.25) is 4.79 Å². The van der Waals surface area contributed by atoms with Crippen molar-refractivity contribution < 1.29 is 9.53 Å². The molecule has 0 spiro atoms. The van der Waals surface area contributed by atoms with E-state index < -0.39 is 5.91 Å². The largest absolute Gasteiger partial charge is 0.372 e. The number of nitrogens with two attached hydrogens (primary N) is 2. The van der Waals surface area contributed by atoms with Crippen molar-refractivity contribution in [1.29, 1.82) is 0 Å². The van der Waals surface area contributed by atoms with Crippen molar-refractivity contribution in [3.63, 3.8) is 0 Å². The van der Waals surface area contributed by atoms with Gasteiger partial charge in [0, 0.05) is 5.56 Å². The molecule has 6 nitrogen and oxygen atoms in total. The number of aryl methyl sites for hydroxylation is 1. The van der Waals surface area contributed by atoms with E-state index in [-0.39, 0.29) is 11.7 Å². The summed E-state index contributed by atoms with van der Waals surface area (Å²) in [6.07, 6.45) is 2.10. The predicted octanol–water partition coefficient (Wildman–Crippen LogP) is 1.11. The number of anilines is 1. The van der Waals surface area contributed by atoms with Crippen LogP contribution in [0.1, 0.15) is 25.0 Å². The molecule has 7 heteroatoms. The smallest absolute Gasteiger partial charge is 0.227 e. The van der Waals surface area contributed by atoms with Gasteiger partial charge >= 0.3 is 0 Å². The first kappa shape index (κ1) is 18.4. The van der Waals surface area contributed by atoms with Crippen LogP contribution >= 0.6 is 11.8 Å². The van der Waals surface area contributed by atoms with Crippen molar-refractivity contribution in [2.24, 2.45) is 5.73 Å². The molecule has 1 aromatic carbocycles. The Morgan fingerprint density at radius 2 is 2.08 bits per heavy atom. The molecule has 136 valence electrons. The topological polar surface area (TPSA) is 104 Å². The zero-order chi connectivity index (χ0) is 18.8. The van der Waals surface area contributed by atoms with Gasteiger partial charge in [0.25, 0.3) is 0 Å². The summed E-state index contributed by atoms with van der Waals surface area (Å²) < 4.78 is 5.66. The lowest BCUT2D eigenvalue weighted by Gasteiger charge is -2.18. The van der Waals surface area contributed by atoms with Gasteiger partial charge in [-0.2, -0.15) is 0 Å². The molecule has 1 aliphatic rings. The Labute approximate surface area is 156 Å². The molecule has 4 N–H and O–H groups in total. The lowest BCUT2D eigenvalue weighted by atomic mass is 9.94. The highest BCUT2D eigenvalue weighted by atomic mass is 32.2. The van der Waals surface area contributed by atoms with Crippen LogP contribution in [0.15, 0.2) is 17.2 Å². The second-order valence-corrected chi connectivity index (χ2v) is 7.28. The third-order valence-corrected chi connectivity index (χ3v) is 5.21. The van der Waals surface area contributed by atoms with Crippen LogP contribution in [0.4, 0.5) is 5.95 Å². The van der Waals surface area contributed by atoms with Crippen LogP contribution in [-0.2, 0) is 16.1 Å². The molecular weight excluding hydrogens is 348 g/mol. The highest BCUT2D eigenvalue weighted by Gasteiger charge is 2.16. The van der Waals surface area contributed by atoms with Gasteiger partial charge in [0.2, 0.25) is 11.9 Å². The minimum Gasteiger partial charge on any atom is -0.372 e. The molecule has 0 bridgehead atoms. The van der Waals surface area contributed by atoms with E-state index >= 15 is 0 Å². The molecule has 0 atom stereocenters. The van der Waals surface area contributed by atoms with Gasteiger partial charge in [-0.25, -0.2) is 9.97 Å². The Kier molecular flexibility index (Phi) is 5.29. The number of thioether (sulfide) groups is 1. The van der Waals surface area contributed by atoms with Crippen LogP contribution in [0.5, 0.6) is 0 Å². The number of amides is 1. The van der Waals surface area contributed by atoms with E-state index in [9.17, 15) is 4.79 Å². The van der Waals surface area contributed by atoms with Gasteiger partial charge in [0.05, 0.1) is 24.7 Å². The standard InChI is InChI=1S/C19H22N4O2S/c1-4-13-17-11(3)7-25-8-12(17)5-10(2)18(13)14-6-16(23-19(21)22-14)26-9-15(20)24/h4-6H,7-9H2,1-3H3,(H2,20,24)(H2,21,22,23)/b13-4+. The van der Waals surface area contributed by atoms with Crippen molar-refractivity contribution in [1.82, 2.24) is 9.97 Å². The number of nitrogen functional groups attached to an aromatic ring is 1. The van der Waals surface area contributed by atoms with Crippen molar-refractivity contribution in [2.75, 3.05) is 18.1 Å². The Bertz CT molecular complexity index is 1000. The number of rotatable bonds is 4. The summed E-state index contributed by atoms with van der Waals surface area (Å²) in [6, 6.07) is 4.01. The molecule has 0 unspecified atom stereocenters. The number of fused-ring (bicyclic) bond motifs is 1. The van der Waals surface area contributed by atoms with E-state index in [2.05, 4.69) is 36.0 Å². The van der Waals surface area contributed by atoms with Gasteiger partial charge in [0.15, 0.2) is 0 Å². The Balaban J connectivity index is 2.24. The molecule has 3 rings (SSSR count). The Hall–Kier alpha value is -2.38. The van der Waals surface area contributed by atoms with E-state index in [4.69, 9.17) is 16.2 Å². The molecule has 0 aliphatic carbocycles. The molecule has 0 fully saturated rings. The summed E-state index contributed by atoms with van der Waals surface area (Å²) in [6.45, 7) is 7.41. The first-order chi connectivity index (χ1) is 12.4. The number of benzene rings is 1. The number of hydrogen-bond acceptors (Lipinski definition) is 6. The van der Waals surface area contributed by atoms with E-state index in [1.165, 1.54) is 28.1 Å². The normalized spacial score (nSPS) is 14.4. The monoisotopic (exact) mass is 370 g/mol. The predicted molar refractivity (Wildman–Crippen MR) is 105 cm³/mol. The number of carbonyl (C=O) groups is 1. The molecular formula is C19H22N4O2S. The van der Waals surface area contributed by atoms with Crippen molar-refractivity contribution in [3.8, 4) is 11.3 Å². The lowest BCUT2D eigenvalue weighted by Crippen LogP contribution is -2.37. The number of carbonyl (C=O) groups excluding carboxylic acids is 1. The van der Waals surface area contributed by atoms with E-state index in [1.807, 2.05) is 13.0 Å². The van der Waals surface area contributed by atoms with Gasteiger partial charge in [0.1, 0.15) is 5.03 Å². The molecule has 0 saturated heterocycles. The molecule has 2 aromatic rings. The maximum Gasteiger partial charge on any atom is 0.227 e. The SMILES string of the molecule is C/C=c1/c(-c2cc(SCC(N)=O)nc(N)n2)c(C)cc2c1=C(C)COC2. The number of hydrogen-bond donors (Lipinski definition) is 2. The average Bonchev–Trinajstić information content (AvgIpc) is 2.58. The van der Waals surface area contributed by atoms with Gasteiger partial charge in [-0.15, -0.1) is 0 Å². The van der Waals surface area contributed by atoms with E-state index in [0.717, 1.165) is 22.0 Å². The number of primary amides is 1. The van der Waals surface area contributed by atoms with Crippen LogP contribution in [0.25, 0.3) is 22.9 Å². The fourth-order valence-corrected chi connectivity index (χ4v) is 3.98. The first-order valence-corrected chi connectivity index (χ1v) is 9.31. The van der Waals surface area contributed by atoms with E-state index in [1.54, 1.807) is 0 Å². The summed E-state index contributed by atoms with van der Waals surface area (Å²) in [4.78, 5) is 19.7. The molecule has 1 aliphatic heterocycles. The quantitative estimate of drug-likeness (QED) is 0.617. The summed E-state index contributed by atoms with van der Waals surface area (Å²) in [5, 5.41) is 2.99. The zero-order valence-corrected chi connectivity index (χ0v) is 15.9. The lowest BCUT2D eigenvalue weighted by molar-refractivity contribution is -0.115. The summed E-state index contributed by atoms with van der Waals surface area (Å²) in [7, 11) is 0. The number of nitrogens with zero attached hydrogens (tertiary/aromatic N) is 2. The third-order valence-electron chi connectivity index (χ3n) is 4.27. The summed E-state index contributed by atoms with van der Waals surface area (Å²) >= 11 is 1.26. The second kappa shape index (κ2) is 7.47. The third kappa shape index (κ3) is 3.59. The zero-order valence-electron chi connectivity index (χ0n) is 15.1. The fraction of sp³-hybridized carbons (Fsp3) is 0.316. The first-order valence-electron chi connectivity index (χ1n) is 8.33. The summed E-state index contributed by atoms with van der Waals surface area (Å²) in [5.41, 5.74) is 16.4. The van der Waals surface area contributed by atoms with Gasteiger partial charge in [-0.1, -0.05) is 23.9 Å². The Morgan fingerprint density at radius 1 is 1.31 bits per heavy atom. The molecule has 0 radical (unpaired) electrons. The Morgan fingerprint density at radius 3 is 2.77 bits per heavy atom. The number of ether oxygens (including phenoxy) is 1. The highest BCUT2D eigenvalue weighted by molar-refractivity contribution is 7.99. The van der Waals surface area contributed by atoms with Gasteiger partial charge in [-0.05, 0) is 54.0 Å². The minimum atomic E-state index is -0.397. The summed E-state index contributed by atoms with van der Waals surface area (Å²) in [5.74, 6) is -0.0695. The van der Waals surface area contributed by atoms with Crippen molar-refractivity contribution in [3.05, 3.63) is 33.7 Å². The van der Waals surface area contributed by atoms with E-state index in [0.29, 0.717) is 18.2 Å². The maximum absolute atomic E-state index is 11.1. The average molecular weight is 370 g/mol. The second-order valence-electron chi connectivity index (χ2n) is 6.28. The minimum absolute atomic E-state index is 0.149. The van der Waals surface area contributed by atoms with Crippen LogP contribution in [0.2, 0.25) is 0 Å². The highest BCUT2D eigenvalue weighted by Crippen LogP contribution is 2.24. The fourth-order valence-electron chi connectivity index (χ4n) is 3.34. The maximum atomic E-state index is 11.1. The molecule has 1 amide bonds. The van der Waals surface area contributed by atoms with Gasteiger partial charge < -0.3 is 16.2 Å². The van der Waals surface area contributed by atoms with Crippen LogP contribution < -0.4 is 21.9 Å². The van der Waals surface area contributed by atoms with Crippen LogP contribution in [-0.4, -0.2) is 28.2 Å². The molecule has 2 heterocycles. The molecule has 1 aromatic heterocycles. The van der Waals surface area contributed by atoms with Crippen LogP contribution in [0.3, 0.4) is 0 Å². The number of aromatic nitrogens is 2. The van der Waals surface area contributed by atoms with Crippen molar-refractivity contribution >= 4 is 35.3 Å².